The van der Waals surface area contributed by atoms with Crippen molar-refractivity contribution in [3.8, 4) is 17.0 Å². The fourth-order valence-corrected chi connectivity index (χ4v) is 4.01. The van der Waals surface area contributed by atoms with E-state index in [1.807, 2.05) is 17.0 Å². The van der Waals surface area contributed by atoms with Crippen LogP contribution in [0.2, 0.25) is 0 Å². The molecule has 2 heterocycles. The highest BCUT2D eigenvalue weighted by Crippen LogP contribution is 2.44. The molecular formula is C24H27N3O3. The molecule has 1 aromatic heterocycles. The summed E-state index contributed by atoms with van der Waals surface area (Å²) in [6, 6.07) is 15.1. The fraction of sp³-hybridized carbons (Fsp3) is 0.333. The Morgan fingerprint density at radius 1 is 1.13 bits per heavy atom. The first kappa shape index (κ1) is 20.2. The second kappa shape index (κ2) is 7.61. The van der Waals surface area contributed by atoms with Crippen molar-refractivity contribution in [1.29, 1.82) is 0 Å². The van der Waals surface area contributed by atoms with Gasteiger partial charge in [-0.05, 0) is 28.7 Å². The van der Waals surface area contributed by atoms with Gasteiger partial charge >= 0.3 is 0 Å². The van der Waals surface area contributed by atoms with Gasteiger partial charge in [-0.3, -0.25) is 9.89 Å². The van der Waals surface area contributed by atoms with Crippen LogP contribution in [0.3, 0.4) is 0 Å². The zero-order valence-electron chi connectivity index (χ0n) is 17.8. The quantitative estimate of drug-likeness (QED) is 0.664. The van der Waals surface area contributed by atoms with Crippen molar-refractivity contribution in [2.24, 2.45) is 0 Å². The number of hydrogen-bond donors (Lipinski definition) is 2. The van der Waals surface area contributed by atoms with E-state index < -0.39 is 0 Å². The molecule has 0 spiro atoms. The number of carbonyl (C=O) groups excluding carboxylic acids is 1. The van der Waals surface area contributed by atoms with Gasteiger partial charge in [-0.2, -0.15) is 5.10 Å². The Kier molecular flexibility index (Phi) is 5.12. The van der Waals surface area contributed by atoms with Crippen LogP contribution in [0.25, 0.3) is 11.3 Å². The molecule has 2 N–H and O–H groups in total. The maximum Gasteiger partial charge on any atom is 0.273 e. The molecule has 0 saturated carbocycles. The number of ether oxygens (including phenoxy) is 1. The molecule has 0 saturated heterocycles. The summed E-state index contributed by atoms with van der Waals surface area (Å²) < 4.78 is 5.25. The first-order valence-electron chi connectivity index (χ1n) is 10.1. The van der Waals surface area contributed by atoms with E-state index in [1.165, 1.54) is 5.56 Å². The van der Waals surface area contributed by atoms with Gasteiger partial charge < -0.3 is 14.7 Å². The third kappa shape index (κ3) is 3.37. The van der Waals surface area contributed by atoms with Gasteiger partial charge in [0.15, 0.2) is 0 Å². The number of para-hydroxylation sites is 1. The lowest BCUT2D eigenvalue weighted by Crippen LogP contribution is -2.32. The van der Waals surface area contributed by atoms with Crippen LogP contribution in [0.4, 0.5) is 0 Å². The summed E-state index contributed by atoms with van der Waals surface area (Å²) in [5.41, 5.74) is 4.74. The Morgan fingerprint density at radius 3 is 2.47 bits per heavy atom. The van der Waals surface area contributed by atoms with E-state index in [1.54, 1.807) is 19.2 Å². The molecule has 30 heavy (non-hydrogen) atoms. The number of carbonyl (C=O) groups is 1. The summed E-state index contributed by atoms with van der Waals surface area (Å²) in [5, 5.41) is 17.7. The molecule has 1 aliphatic heterocycles. The maximum atomic E-state index is 13.2. The molecule has 0 bridgehead atoms. The van der Waals surface area contributed by atoms with E-state index in [0.29, 0.717) is 30.1 Å². The number of benzene rings is 2. The van der Waals surface area contributed by atoms with Crippen molar-refractivity contribution >= 4 is 5.91 Å². The van der Waals surface area contributed by atoms with Gasteiger partial charge in [0.25, 0.3) is 5.91 Å². The summed E-state index contributed by atoms with van der Waals surface area (Å²) in [7, 11) is 1.63. The molecule has 0 aliphatic carbocycles. The van der Waals surface area contributed by atoms with Gasteiger partial charge in [0, 0.05) is 24.8 Å². The molecule has 1 aliphatic rings. The van der Waals surface area contributed by atoms with Crippen molar-refractivity contribution in [3.63, 3.8) is 0 Å². The zero-order chi connectivity index (χ0) is 21.5. The molecule has 1 amide bonds. The van der Waals surface area contributed by atoms with Crippen LogP contribution in [0.15, 0.2) is 48.5 Å². The largest absolute Gasteiger partial charge is 0.507 e. The van der Waals surface area contributed by atoms with E-state index in [-0.39, 0.29) is 23.1 Å². The van der Waals surface area contributed by atoms with Crippen molar-refractivity contribution in [2.45, 2.75) is 32.2 Å². The third-order valence-corrected chi connectivity index (χ3v) is 5.65. The van der Waals surface area contributed by atoms with Gasteiger partial charge in [0.1, 0.15) is 17.1 Å². The van der Waals surface area contributed by atoms with Crippen LogP contribution in [0, 0.1) is 0 Å². The Labute approximate surface area is 176 Å². The number of aromatic hydroxyl groups is 1. The van der Waals surface area contributed by atoms with Gasteiger partial charge in [-0.1, -0.05) is 57.2 Å². The van der Waals surface area contributed by atoms with Crippen LogP contribution >= 0.6 is 0 Å². The predicted octanol–water partition coefficient (Wildman–Crippen LogP) is 4.27. The average molecular weight is 405 g/mol. The predicted molar refractivity (Wildman–Crippen MR) is 116 cm³/mol. The van der Waals surface area contributed by atoms with Gasteiger partial charge in [-0.25, -0.2) is 0 Å². The standard InChI is InChI=1S/C24H27N3O3/c1-24(2,3)16-11-9-15(10-12-16)22-19-20(17-7-5-6-8-18(17)28)25-26-21(19)23(29)27(22)13-14-30-4/h5-12,22,28H,13-14H2,1-4H3,(H,25,26)/t22-/m0/s1. The number of aromatic amines is 1. The van der Waals surface area contributed by atoms with Crippen molar-refractivity contribution in [2.75, 3.05) is 20.3 Å². The Morgan fingerprint density at radius 2 is 1.83 bits per heavy atom. The summed E-state index contributed by atoms with van der Waals surface area (Å²) in [6.45, 7) is 7.43. The first-order chi connectivity index (χ1) is 14.3. The SMILES string of the molecule is COCCN1C(=O)c2[nH]nc(-c3ccccc3O)c2[C@@H]1c1ccc(C(C)(C)C)cc1. The molecule has 0 fully saturated rings. The smallest absolute Gasteiger partial charge is 0.273 e. The molecule has 0 radical (unpaired) electrons. The van der Waals surface area contributed by atoms with Crippen LogP contribution in [0.1, 0.15) is 54.0 Å². The topological polar surface area (TPSA) is 78.5 Å². The van der Waals surface area contributed by atoms with Crippen LogP contribution in [-0.4, -0.2) is 46.4 Å². The van der Waals surface area contributed by atoms with Crippen LogP contribution in [0.5, 0.6) is 5.75 Å². The molecule has 156 valence electrons. The van der Waals surface area contributed by atoms with Gasteiger partial charge in [-0.15, -0.1) is 0 Å². The summed E-state index contributed by atoms with van der Waals surface area (Å²) in [4.78, 5) is 15.0. The lowest BCUT2D eigenvalue weighted by Gasteiger charge is -2.27. The minimum Gasteiger partial charge on any atom is -0.507 e. The molecule has 6 nitrogen and oxygen atoms in total. The Balaban J connectivity index is 1.85. The number of hydrogen-bond acceptors (Lipinski definition) is 4. The minimum absolute atomic E-state index is 0.0432. The number of amides is 1. The maximum absolute atomic E-state index is 13.2. The summed E-state index contributed by atoms with van der Waals surface area (Å²) in [6.07, 6.45) is 0. The van der Waals surface area contributed by atoms with E-state index in [9.17, 15) is 9.90 Å². The highest BCUT2D eigenvalue weighted by Gasteiger charge is 2.42. The normalized spacial score (nSPS) is 16.2. The molecule has 2 aromatic carbocycles. The minimum atomic E-state index is -0.301. The highest BCUT2D eigenvalue weighted by molar-refractivity contribution is 6.00. The number of phenolic OH excluding ortho intramolecular Hbond substituents is 1. The average Bonchev–Trinajstić information content (AvgIpc) is 3.25. The first-order valence-corrected chi connectivity index (χ1v) is 10.1. The fourth-order valence-electron chi connectivity index (χ4n) is 4.01. The number of nitrogens with one attached hydrogen (secondary N) is 1. The molecule has 1 atom stereocenters. The number of fused-ring (bicyclic) bond motifs is 1. The van der Waals surface area contributed by atoms with Crippen LogP contribution in [-0.2, 0) is 10.2 Å². The highest BCUT2D eigenvalue weighted by atomic mass is 16.5. The van der Waals surface area contributed by atoms with E-state index in [4.69, 9.17) is 4.74 Å². The number of H-pyrrole nitrogens is 1. The lowest BCUT2D eigenvalue weighted by atomic mass is 9.85. The molecular weight excluding hydrogens is 378 g/mol. The zero-order valence-corrected chi connectivity index (χ0v) is 17.8. The van der Waals surface area contributed by atoms with Crippen LogP contribution < -0.4 is 0 Å². The second-order valence-corrected chi connectivity index (χ2v) is 8.64. The third-order valence-electron chi connectivity index (χ3n) is 5.65. The van der Waals surface area contributed by atoms with Crippen molar-refractivity contribution in [3.05, 3.63) is 70.9 Å². The van der Waals surface area contributed by atoms with E-state index in [2.05, 4.69) is 55.2 Å². The van der Waals surface area contributed by atoms with Crippen molar-refractivity contribution < 1.29 is 14.6 Å². The number of rotatable bonds is 5. The van der Waals surface area contributed by atoms with Gasteiger partial charge in [0.2, 0.25) is 0 Å². The lowest BCUT2D eigenvalue weighted by molar-refractivity contribution is 0.0677. The summed E-state index contributed by atoms with van der Waals surface area (Å²) in [5.74, 6) is 0.0255. The monoisotopic (exact) mass is 405 g/mol. The number of aromatic nitrogens is 2. The number of nitrogens with zero attached hydrogens (tertiary/aromatic N) is 2. The molecule has 0 unspecified atom stereocenters. The summed E-state index contributed by atoms with van der Waals surface area (Å²) >= 11 is 0. The van der Waals surface area contributed by atoms with E-state index in [0.717, 1.165) is 11.1 Å². The van der Waals surface area contributed by atoms with Gasteiger partial charge in [0.05, 0.1) is 12.6 Å². The Bertz CT molecular complexity index is 1060. The molecule has 6 heteroatoms. The number of methoxy groups -OCH3 is 1. The van der Waals surface area contributed by atoms with Crippen molar-refractivity contribution in [1.82, 2.24) is 15.1 Å². The number of phenols is 1. The molecule has 3 aromatic rings. The Hall–Kier alpha value is -3.12. The molecule has 4 rings (SSSR count). The second-order valence-electron chi connectivity index (χ2n) is 8.64. The van der Waals surface area contributed by atoms with E-state index >= 15 is 0 Å².